The molecule has 2 aromatic carbocycles. The Kier molecular flexibility index (Phi) is 5.35. The zero-order chi connectivity index (χ0) is 22.5. The van der Waals surface area contributed by atoms with E-state index >= 15 is 0 Å². The van der Waals surface area contributed by atoms with E-state index in [0.717, 1.165) is 23.4 Å². The summed E-state index contributed by atoms with van der Waals surface area (Å²) in [6.07, 6.45) is 0.883. The Morgan fingerprint density at radius 1 is 0.938 bits per heavy atom. The SMILES string of the molecule is COc1ccc(-c2ccc3n(c2=O)CC2CC3CN(S(=O)(=O)c3ccc(Cl)cc3)C2)cc1. The lowest BCUT2D eigenvalue weighted by atomic mass is 9.84. The molecule has 8 heteroatoms. The predicted molar refractivity (Wildman–Crippen MR) is 124 cm³/mol. The Labute approximate surface area is 192 Å². The van der Waals surface area contributed by atoms with E-state index in [4.69, 9.17) is 16.3 Å². The van der Waals surface area contributed by atoms with E-state index in [1.807, 2.05) is 41.0 Å². The summed E-state index contributed by atoms with van der Waals surface area (Å²) in [5.74, 6) is 0.817. The van der Waals surface area contributed by atoms with E-state index in [1.54, 1.807) is 35.7 Å². The van der Waals surface area contributed by atoms with Crippen LogP contribution in [0, 0.1) is 5.92 Å². The average Bonchev–Trinajstić information content (AvgIpc) is 2.80. The number of ether oxygens (including phenoxy) is 1. The molecule has 3 heterocycles. The molecule has 1 aromatic heterocycles. The van der Waals surface area contributed by atoms with Crippen molar-refractivity contribution in [1.29, 1.82) is 0 Å². The zero-order valence-corrected chi connectivity index (χ0v) is 19.1. The summed E-state index contributed by atoms with van der Waals surface area (Å²) in [6.45, 7) is 1.28. The molecule has 1 saturated heterocycles. The van der Waals surface area contributed by atoms with Gasteiger partial charge >= 0.3 is 0 Å². The fourth-order valence-corrected chi connectivity index (χ4v) is 6.53. The highest BCUT2D eigenvalue weighted by Crippen LogP contribution is 2.38. The van der Waals surface area contributed by atoms with Crippen LogP contribution in [0.2, 0.25) is 5.02 Å². The second-order valence-electron chi connectivity index (χ2n) is 8.39. The van der Waals surface area contributed by atoms with Gasteiger partial charge in [0.25, 0.3) is 5.56 Å². The largest absolute Gasteiger partial charge is 0.497 e. The van der Waals surface area contributed by atoms with Crippen LogP contribution in [0.1, 0.15) is 18.0 Å². The highest BCUT2D eigenvalue weighted by Gasteiger charge is 2.39. The molecule has 166 valence electrons. The number of pyridine rings is 1. The van der Waals surface area contributed by atoms with Gasteiger partial charge in [0, 0.05) is 41.8 Å². The minimum absolute atomic E-state index is 0.0119. The summed E-state index contributed by atoms with van der Waals surface area (Å²) in [7, 11) is -2.01. The Balaban J connectivity index is 1.47. The number of nitrogens with zero attached hydrogens (tertiary/aromatic N) is 2. The number of fused-ring (bicyclic) bond motifs is 4. The number of hydrogen-bond acceptors (Lipinski definition) is 4. The normalized spacial score (nSPS) is 20.6. The summed E-state index contributed by atoms with van der Waals surface area (Å²) < 4.78 is 35.0. The summed E-state index contributed by atoms with van der Waals surface area (Å²) in [5, 5.41) is 0.500. The number of halogens is 1. The topological polar surface area (TPSA) is 68.6 Å². The molecule has 0 spiro atoms. The zero-order valence-electron chi connectivity index (χ0n) is 17.6. The molecule has 0 N–H and O–H groups in total. The van der Waals surface area contributed by atoms with Gasteiger partial charge in [-0.1, -0.05) is 23.7 Å². The first-order chi connectivity index (χ1) is 15.4. The number of benzene rings is 2. The molecule has 0 radical (unpaired) electrons. The van der Waals surface area contributed by atoms with E-state index in [9.17, 15) is 13.2 Å². The van der Waals surface area contributed by atoms with Gasteiger partial charge in [-0.25, -0.2) is 8.42 Å². The number of sulfonamides is 1. The van der Waals surface area contributed by atoms with Crippen molar-refractivity contribution in [2.75, 3.05) is 20.2 Å². The monoisotopic (exact) mass is 470 g/mol. The number of aromatic nitrogens is 1. The van der Waals surface area contributed by atoms with Gasteiger partial charge in [-0.2, -0.15) is 4.31 Å². The van der Waals surface area contributed by atoms with Crippen molar-refractivity contribution >= 4 is 21.6 Å². The van der Waals surface area contributed by atoms with Gasteiger partial charge < -0.3 is 9.30 Å². The van der Waals surface area contributed by atoms with Gasteiger partial charge in [0.05, 0.1) is 12.0 Å². The number of hydrogen-bond donors (Lipinski definition) is 0. The summed E-state index contributed by atoms with van der Waals surface area (Å²) in [4.78, 5) is 13.6. The lowest BCUT2D eigenvalue weighted by Crippen LogP contribution is -2.49. The van der Waals surface area contributed by atoms with Crippen LogP contribution < -0.4 is 10.3 Å². The minimum atomic E-state index is -3.62. The fourth-order valence-electron chi connectivity index (χ4n) is 4.84. The molecule has 2 unspecified atom stereocenters. The molecule has 2 aliphatic heterocycles. The van der Waals surface area contributed by atoms with Crippen molar-refractivity contribution in [3.05, 3.63) is 81.7 Å². The van der Waals surface area contributed by atoms with Crippen molar-refractivity contribution < 1.29 is 13.2 Å². The third-order valence-corrected chi connectivity index (χ3v) is 8.52. The van der Waals surface area contributed by atoms with Crippen molar-refractivity contribution in [2.24, 2.45) is 5.92 Å². The maximum atomic E-state index is 13.3. The van der Waals surface area contributed by atoms with Crippen LogP contribution in [-0.2, 0) is 16.6 Å². The lowest BCUT2D eigenvalue weighted by Gasteiger charge is -2.42. The molecule has 3 aromatic rings. The molecule has 0 aliphatic carbocycles. The number of rotatable bonds is 4. The van der Waals surface area contributed by atoms with E-state index in [0.29, 0.717) is 30.2 Å². The van der Waals surface area contributed by atoms with Gasteiger partial charge in [0.1, 0.15) is 5.75 Å². The van der Waals surface area contributed by atoms with E-state index in [1.165, 1.54) is 0 Å². The molecule has 2 bridgehead atoms. The maximum Gasteiger partial charge on any atom is 0.258 e. The molecule has 1 fully saturated rings. The van der Waals surface area contributed by atoms with Crippen molar-refractivity contribution in [3.8, 4) is 16.9 Å². The first-order valence-electron chi connectivity index (χ1n) is 10.5. The van der Waals surface area contributed by atoms with Crippen molar-refractivity contribution in [2.45, 2.75) is 23.8 Å². The fraction of sp³-hybridized carbons (Fsp3) is 0.292. The van der Waals surface area contributed by atoms with Gasteiger partial charge in [0.15, 0.2) is 0 Å². The third-order valence-electron chi connectivity index (χ3n) is 6.42. The van der Waals surface area contributed by atoms with Crippen LogP contribution >= 0.6 is 11.6 Å². The smallest absolute Gasteiger partial charge is 0.258 e. The summed E-state index contributed by atoms with van der Waals surface area (Å²) >= 11 is 5.92. The molecule has 2 atom stereocenters. The number of methoxy groups -OCH3 is 1. The molecule has 0 saturated carbocycles. The highest BCUT2D eigenvalue weighted by molar-refractivity contribution is 7.89. The molecule has 32 heavy (non-hydrogen) atoms. The average molecular weight is 471 g/mol. The van der Waals surface area contributed by atoms with Crippen LogP contribution in [-0.4, -0.2) is 37.5 Å². The Bertz CT molecular complexity index is 1320. The molecule has 6 nitrogen and oxygen atoms in total. The van der Waals surface area contributed by atoms with E-state index in [-0.39, 0.29) is 22.3 Å². The molecule has 0 amide bonds. The minimum Gasteiger partial charge on any atom is -0.497 e. The third kappa shape index (κ3) is 3.64. The number of piperidine rings is 1. The highest BCUT2D eigenvalue weighted by atomic mass is 35.5. The van der Waals surface area contributed by atoms with Gasteiger partial charge in [-0.3, -0.25) is 4.79 Å². The molecule has 2 aliphatic rings. The summed E-state index contributed by atoms with van der Waals surface area (Å²) in [6, 6.07) is 17.5. The van der Waals surface area contributed by atoms with Crippen LogP contribution in [0.3, 0.4) is 0 Å². The molecule has 5 rings (SSSR count). The maximum absolute atomic E-state index is 13.3. The van der Waals surface area contributed by atoms with Crippen molar-refractivity contribution in [3.63, 3.8) is 0 Å². The Hall–Kier alpha value is -2.61. The van der Waals surface area contributed by atoms with Crippen LogP contribution in [0.15, 0.2) is 70.4 Å². The van der Waals surface area contributed by atoms with Gasteiger partial charge in [-0.15, -0.1) is 0 Å². The van der Waals surface area contributed by atoms with Crippen LogP contribution in [0.4, 0.5) is 0 Å². The standard InChI is InChI=1S/C24H23ClN2O4S/c1-31-20-6-2-17(3-7-20)22-10-11-23-18-12-16(14-27(23)24(22)28)13-26(15-18)32(29,30)21-8-4-19(25)5-9-21/h2-11,16,18H,12-15H2,1H3. The predicted octanol–water partition coefficient (Wildman–Crippen LogP) is 3.99. The second-order valence-corrected chi connectivity index (χ2v) is 10.8. The van der Waals surface area contributed by atoms with Crippen LogP contribution in [0.25, 0.3) is 11.1 Å². The van der Waals surface area contributed by atoms with Gasteiger partial charge in [0.2, 0.25) is 10.0 Å². The van der Waals surface area contributed by atoms with Gasteiger partial charge in [-0.05, 0) is 66.4 Å². The van der Waals surface area contributed by atoms with E-state index < -0.39 is 10.0 Å². The van der Waals surface area contributed by atoms with E-state index in [2.05, 4.69) is 0 Å². The lowest BCUT2D eigenvalue weighted by molar-refractivity contribution is 0.186. The van der Waals surface area contributed by atoms with Crippen LogP contribution in [0.5, 0.6) is 5.75 Å². The first-order valence-corrected chi connectivity index (χ1v) is 12.3. The molecular formula is C24H23ClN2O4S. The summed E-state index contributed by atoms with van der Waals surface area (Å²) in [5.41, 5.74) is 2.35. The Morgan fingerprint density at radius 3 is 2.34 bits per heavy atom. The first kappa shape index (κ1) is 21.2. The molecular weight excluding hydrogens is 448 g/mol. The van der Waals surface area contributed by atoms with Crippen molar-refractivity contribution in [1.82, 2.24) is 8.87 Å². The second kappa shape index (κ2) is 8.06. The Morgan fingerprint density at radius 2 is 1.66 bits per heavy atom. The quantitative estimate of drug-likeness (QED) is 0.578.